The molecule has 3 rings (SSSR count). The Hall–Kier alpha value is -2.32. The largest absolute Gasteiger partial charge is 0.435 e. The Bertz CT molecular complexity index is 791. The molecule has 1 saturated carbocycles. The third kappa shape index (κ3) is 3.76. The fourth-order valence-electron chi connectivity index (χ4n) is 2.95. The predicted octanol–water partition coefficient (Wildman–Crippen LogP) is 3.22. The average Bonchev–Trinajstić information content (AvgIpc) is 3.16. The summed E-state index contributed by atoms with van der Waals surface area (Å²) in [6.07, 6.45) is -1.04. The van der Waals surface area contributed by atoms with Crippen LogP contribution < -0.4 is 0 Å². The number of amides is 1. The molecule has 1 aliphatic rings. The highest BCUT2D eigenvalue weighted by Crippen LogP contribution is 2.43. The average molecular weight is 369 g/mol. The van der Waals surface area contributed by atoms with Crippen LogP contribution in [0.5, 0.6) is 0 Å². The molecule has 0 radical (unpaired) electrons. The van der Waals surface area contributed by atoms with Gasteiger partial charge in [0.2, 0.25) is 5.91 Å². The molecule has 0 spiro atoms. The van der Waals surface area contributed by atoms with Crippen LogP contribution in [0.1, 0.15) is 55.7 Å². The number of halogens is 3. The first-order chi connectivity index (χ1) is 12.2. The molecule has 2 aromatic heterocycles. The van der Waals surface area contributed by atoms with Crippen LogP contribution in [-0.2, 0) is 24.1 Å². The zero-order valence-electron chi connectivity index (χ0n) is 15.0. The maximum absolute atomic E-state index is 13.0. The summed E-state index contributed by atoms with van der Waals surface area (Å²) in [6.45, 7) is 4.57. The number of carbonyl (C=O) groups is 1. The van der Waals surface area contributed by atoms with Gasteiger partial charge in [0.1, 0.15) is 6.04 Å². The second-order valence-electron chi connectivity index (χ2n) is 6.70. The van der Waals surface area contributed by atoms with E-state index in [1.54, 1.807) is 18.7 Å². The van der Waals surface area contributed by atoms with Crippen molar-refractivity contribution in [2.24, 2.45) is 0 Å². The Balaban J connectivity index is 1.78. The summed E-state index contributed by atoms with van der Waals surface area (Å²) < 4.78 is 42.1. The van der Waals surface area contributed by atoms with Gasteiger partial charge in [-0.1, -0.05) is 0 Å². The third-order valence-electron chi connectivity index (χ3n) is 4.57. The number of alkyl halides is 3. The van der Waals surface area contributed by atoms with E-state index in [9.17, 15) is 18.0 Å². The van der Waals surface area contributed by atoms with E-state index in [1.165, 1.54) is 9.58 Å². The Kier molecular flexibility index (Phi) is 4.81. The first-order valence-electron chi connectivity index (χ1n) is 8.64. The van der Waals surface area contributed by atoms with Crippen molar-refractivity contribution in [3.63, 3.8) is 0 Å². The van der Waals surface area contributed by atoms with E-state index in [2.05, 4.69) is 10.2 Å². The van der Waals surface area contributed by atoms with Gasteiger partial charge >= 0.3 is 6.18 Å². The third-order valence-corrected chi connectivity index (χ3v) is 4.57. The summed E-state index contributed by atoms with van der Waals surface area (Å²) >= 11 is 0. The van der Waals surface area contributed by atoms with Crippen molar-refractivity contribution in [2.75, 3.05) is 7.05 Å². The van der Waals surface area contributed by atoms with Crippen LogP contribution >= 0.6 is 0 Å². The lowest BCUT2D eigenvalue weighted by atomic mass is 10.2. The molecular weight excluding hydrogens is 347 g/mol. The summed E-state index contributed by atoms with van der Waals surface area (Å²) in [6, 6.07) is 2.09. The fraction of sp³-hybridized carbons (Fsp3) is 0.588. The highest BCUT2D eigenvalue weighted by Gasteiger charge is 2.39. The Morgan fingerprint density at radius 2 is 2.08 bits per heavy atom. The summed E-state index contributed by atoms with van der Waals surface area (Å²) in [4.78, 5) is 14.2. The predicted molar refractivity (Wildman–Crippen MR) is 88.3 cm³/mol. The van der Waals surface area contributed by atoms with E-state index < -0.39 is 17.9 Å². The van der Waals surface area contributed by atoms with Crippen molar-refractivity contribution in [3.8, 4) is 0 Å². The topological polar surface area (TPSA) is 56.0 Å². The molecule has 142 valence electrons. The standard InChI is InChI=1S/C17H22F3N5O/c1-4-24-8-7-13(21-24)10-23(3)16(26)11(2)25-14(12-5-6-12)9-15(22-25)17(18,19)20/h7-9,11-12H,4-6,10H2,1-3H3. The molecule has 0 aliphatic heterocycles. The molecular formula is C17H22F3N5O. The molecule has 1 fully saturated rings. The Morgan fingerprint density at radius 1 is 1.38 bits per heavy atom. The van der Waals surface area contributed by atoms with Crippen molar-refractivity contribution in [2.45, 2.75) is 57.9 Å². The van der Waals surface area contributed by atoms with Crippen LogP contribution in [0.2, 0.25) is 0 Å². The van der Waals surface area contributed by atoms with Gasteiger partial charge in [-0.05, 0) is 38.8 Å². The van der Waals surface area contributed by atoms with Crippen LogP contribution in [0, 0.1) is 0 Å². The molecule has 0 N–H and O–H groups in total. The molecule has 6 nitrogen and oxygen atoms in total. The number of aryl methyl sites for hydroxylation is 1. The van der Waals surface area contributed by atoms with Crippen molar-refractivity contribution < 1.29 is 18.0 Å². The Labute approximate surface area is 149 Å². The molecule has 0 bridgehead atoms. The molecule has 0 aromatic carbocycles. The van der Waals surface area contributed by atoms with Gasteiger partial charge in [0, 0.05) is 31.4 Å². The number of hydrogen-bond acceptors (Lipinski definition) is 3. The number of aromatic nitrogens is 4. The second kappa shape index (κ2) is 6.77. The minimum absolute atomic E-state index is 0.0550. The van der Waals surface area contributed by atoms with Gasteiger partial charge in [-0.25, -0.2) is 0 Å². The minimum atomic E-state index is -4.52. The molecule has 0 saturated heterocycles. The highest BCUT2D eigenvalue weighted by atomic mass is 19.4. The molecule has 1 aliphatic carbocycles. The summed E-state index contributed by atoms with van der Waals surface area (Å²) in [5.74, 6) is -0.241. The summed E-state index contributed by atoms with van der Waals surface area (Å²) in [5, 5.41) is 8.02. The van der Waals surface area contributed by atoms with E-state index >= 15 is 0 Å². The van der Waals surface area contributed by atoms with E-state index in [-0.39, 0.29) is 11.8 Å². The number of nitrogens with zero attached hydrogens (tertiary/aromatic N) is 5. The first kappa shape index (κ1) is 18.5. The number of hydrogen-bond donors (Lipinski definition) is 0. The number of carbonyl (C=O) groups excluding carboxylic acids is 1. The van der Waals surface area contributed by atoms with Gasteiger partial charge in [0.25, 0.3) is 0 Å². The van der Waals surface area contributed by atoms with Crippen LogP contribution in [0.3, 0.4) is 0 Å². The lowest BCUT2D eigenvalue weighted by Gasteiger charge is -2.22. The van der Waals surface area contributed by atoms with Crippen molar-refractivity contribution in [3.05, 3.63) is 35.4 Å². The van der Waals surface area contributed by atoms with Crippen LogP contribution in [0.15, 0.2) is 18.3 Å². The Morgan fingerprint density at radius 3 is 2.62 bits per heavy atom. The summed E-state index contributed by atoms with van der Waals surface area (Å²) in [5.41, 5.74) is 0.277. The zero-order valence-corrected chi connectivity index (χ0v) is 15.0. The van der Waals surface area contributed by atoms with Crippen LogP contribution in [-0.4, -0.2) is 37.4 Å². The lowest BCUT2D eigenvalue weighted by Crippen LogP contribution is -2.34. The van der Waals surface area contributed by atoms with Gasteiger partial charge in [-0.3, -0.25) is 14.2 Å². The zero-order chi connectivity index (χ0) is 19.1. The van der Waals surface area contributed by atoms with Crippen LogP contribution in [0.25, 0.3) is 0 Å². The molecule has 2 heterocycles. The number of likely N-dealkylation sites (N-methyl/N-ethyl adjacent to an activating group) is 1. The fourth-order valence-corrected chi connectivity index (χ4v) is 2.95. The quantitative estimate of drug-likeness (QED) is 0.786. The van der Waals surface area contributed by atoms with Gasteiger partial charge in [0.05, 0.1) is 12.2 Å². The SMILES string of the molecule is CCn1ccc(CN(C)C(=O)C(C)n2nc(C(F)(F)F)cc2C2CC2)n1. The van der Waals surface area contributed by atoms with E-state index in [4.69, 9.17) is 0 Å². The van der Waals surface area contributed by atoms with Crippen molar-refractivity contribution >= 4 is 5.91 Å². The second-order valence-corrected chi connectivity index (χ2v) is 6.70. The van der Waals surface area contributed by atoms with E-state index in [0.717, 1.165) is 31.1 Å². The molecule has 26 heavy (non-hydrogen) atoms. The maximum atomic E-state index is 13.0. The lowest BCUT2D eigenvalue weighted by molar-refractivity contribution is -0.142. The van der Waals surface area contributed by atoms with Gasteiger partial charge < -0.3 is 4.90 Å². The van der Waals surface area contributed by atoms with Gasteiger partial charge in [-0.15, -0.1) is 0 Å². The van der Waals surface area contributed by atoms with E-state index in [1.807, 2.05) is 19.2 Å². The van der Waals surface area contributed by atoms with Gasteiger partial charge in [0.15, 0.2) is 5.69 Å². The minimum Gasteiger partial charge on any atom is -0.338 e. The molecule has 1 amide bonds. The normalized spacial score (nSPS) is 15.9. The molecule has 2 aromatic rings. The number of rotatable bonds is 6. The monoisotopic (exact) mass is 369 g/mol. The summed E-state index contributed by atoms with van der Waals surface area (Å²) in [7, 11) is 1.62. The van der Waals surface area contributed by atoms with Gasteiger partial charge in [-0.2, -0.15) is 23.4 Å². The van der Waals surface area contributed by atoms with Crippen molar-refractivity contribution in [1.82, 2.24) is 24.5 Å². The molecule has 1 unspecified atom stereocenters. The van der Waals surface area contributed by atoms with Crippen LogP contribution in [0.4, 0.5) is 13.2 Å². The highest BCUT2D eigenvalue weighted by molar-refractivity contribution is 5.79. The van der Waals surface area contributed by atoms with Crippen molar-refractivity contribution in [1.29, 1.82) is 0 Å². The molecule has 9 heteroatoms. The molecule has 1 atom stereocenters. The first-order valence-corrected chi connectivity index (χ1v) is 8.64. The smallest absolute Gasteiger partial charge is 0.338 e. The maximum Gasteiger partial charge on any atom is 0.435 e. The van der Waals surface area contributed by atoms with E-state index in [0.29, 0.717) is 12.2 Å².